The highest BCUT2D eigenvalue weighted by Gasteiger charge is 2.49. The van der Waals surface area contributed by atoms with E-state index in [0.29, 0.717) is 0 Å². The summed E-state index contributed by atoms with van der Waals surface area (Å²) >= 11 is 0. The quantitative estimate of drug-likeness (QED) is 0.163. The summed E-state index contributed by atoms with van der Waals surface area (Å²) in [4.78, 5) is 23.2. The molecule has 1 amide bonds. The van der Waals surface area contributed by atoms with E-state index in [0.717, 1.165) is 9.80 Å². The maximum atomic E-state index is 12.3. The van der Waals surface area contributed by atoms with Crippen LogP contribution in [0.2, 0.25) is 0 Å². The Morgan fingerprint density at radius 1 is 1.07 bits per heavy atom. The summed E-state index contributed by atoms with van der Waals surface area (Å²) in [6, 6.07) is -2.35. The minimum atomic E-state index is -5.08. The molecule has 164 valence electrons. The van der Waals surface area contributed by atoms with Gasteiger partial charge in [-0.1, -0.05) is 0 Å². The van der Waals surface area contributed by atoms with Crippen molar-refractivity contribution in [2.24, 2.45) is 5.73 Å². The van der Waals surface area contributed by atoms with E-state index in [9.17, 15) is 43.5 Å². The number of nitrogens with one attached hydrogen (secondary N) is 1. The van der Waals surface area contributed by atoms with E-state index in [2.05, 4.69) is 0 Å². The Bertz CT molecular complexity index is 546. The normalized spacial score (nSPS) is 27.5. The van der Waals surface area contributed by atoms with E-state index in [1.807, 2.05) is 0 Å². The highest BCUT2D eigenvalue weighted by atomic mass is 19.4. The molecule has 1 aliphatic heterocycles. The fourth-order valence-corrected chi connectivity index (χ4v) is 2.36. The van der Waals surface area contributed by atoms with Gasteiger partial charge in [-0.15, -0.1) is 0 Å². The van der Waals surface area contributed by atoms with Crippen molar-refractivity contribution < 1.29 is 53.4 Å². The number of aliphatic hydroxyl groups is 5. The monoisotopic (exact) mass is 420 g/mol. The van der Waals surface area contributed by atoms with Gasteiger partial charge in [0.1, 0.15) is 18.3 Å². The van der Waals surface area contributed by atoms with Gasteiger partial charge in [-0.25, -0.2) is 4.79 Å². The summed E-state index contributed by atoms with van der Waals surface area (Å²) in [5.41, 5.74) is 5.23. The fourth-order valence-electron chi connectivity index (χ4n) is 2.36. The predicted octanol–water partition coefficient (Wildman–Crippen LogP) is -3.91. The number of nitrogens with two attached hydrogens (primary N) is 1. The van der Waals surface area contributed by atoms with Gasteiger partial charge in [-0.2, -0.15) is 13.2 Å². The third-order valence-corrected chi connectivity index (χ3v) is 3.89. The van der Waals surface area contributed by atoms with Crippen LogP contribution < -0.4 is 5.73 Å². The van der Waals surface area contributed by atoms with Gasteiger partial charge in [0, 0.05) is 7.05 Å². The number of piperidine rings is 1. The Kier molecular flexibility index (Phi) is 9.56. The van der Waals surface area contributed by atoms with Crippen LogP contribution in [-0.2, 0) is 9.59 Å². The molecule has 9 N–H and O–H groups in total. The highest BCUT2D eigenvalue weighted by molar-refractivity contribution is 5.84. The van der Waals surface area contributed by atoms with E-state index in [1.165, 1.54) is 7.05 Å². The van der Waals surface area contributed by atoms with Gasteiger partial charge < -0.3 is 46.2 Å². The van der Waals surface area contributed by atoms with Crippen LogP contribution >= 0.6 is 0 Å². The van der Waals surface area contributed by atoms with Crippen molar-refractivity contribution in [3.05, 3.63) is 0 Å². The van der Waals surface area contributed by atoms with Crippen LogP contribution in [0.25, 0.3) is 0 Å². The molecule has 1 aliphatic rings. The number of nitrogens with zero attached hydrogens (tertiary/aromatic N) is 2. The summed E-state index contributed by atoms with van der Waals surface area (Å²) in [6.45, 7) is -1.65. The molecule has 0 aromatic heterocycles. The number of hydrogen-bond donors (Lipinski definition) is 8. The number of likely N-dealkylation sites (tertiary alicyclic amines) is 1. The number of aliphatic carboxylic acids is 1. The number of amides is 1. The molecule has 1 heterocycles. The number of likely N-dealkylation sites (N-methyl/N-ethyl adjacent to an activating group) is 1. The first-order valence-corrected chi connectivity index (χ1v) is 7.62. The van der Waals surface area contributed by atoms with E-state index >= 15 is 0 Å². The Balaban J connectivity index is 0.000000887. The summed E-state index contributed by atoms with van der Waals surface area (Å²) in [6.07, 6.45) is -9.78. The van der Waals surface area contributed by atoms with E-state index in [1.54, 1.807) is 0 Å². The second-order valence-electron chi connectivity index (χ2n) is 5.82. The Hall–Kier alpha value is -2.20. The lowest BCUT2D eigenvalue weighted by atomic mass is 9.88. The maximum absolute atomic E-state index is 12.3. The summed E-state index contributed by atoms with van der Waals surface area (Å²) in [7, 11) is 1.40. The lowest BCUT2D eigenvalue weighted by Gasteiger charge is -2.48. The van der Waals surface area contributed by atoms with E-state index in [-0.39, 0.29) is 12.5 Å². The number of halogens is 3. The maximum Gasteiger partial charge on any atom is 0.490 e. The highest BCUT2D eigenvalue weighted by Crippen LogP contribution is 2.24. The number of guanidine groups is 1. The lowest BCUT2D eigenvalue weighted by Crippen LogP contribution is -2.70. The average Bonchev–Trinajstić information content (AvgIpc) is 2.58. The molecule has 1 saturated heterocycles. The Morgan fingerprint density at radius 3 is 1.68 bits per heavy atom. The molecule has 0 unspecified atom stereocenters. The summed E-state index contributed by atoms with van der Waals surface area (Å²) < 4.78 is 31.7. The molecule has 0 saturated carbocycles. The third kappa shape index (κ3) is 6.45. The second-order valence-corrected chi connectivity index (χ2v) is 5.82. The minimum absolute atomic E-state index is 0.335. The van der Waals surface area contributed by atoms with Gasteiger partial charge in [0.2, 0.25) is 5.91 Å². The van der Waals surface area contributed by atoms with Crippen molar-refractivity contribution in [1.29, 1.82) is 5.41 Å². The van der Waals surface area contributed by atoms with Crippen LogP contribution in [0, 0.1) is 5.41 Å². The van der Waals surface area contributed by atoms with Crippen molar-refractivity contribution in [2.45, 2.75) is 36.6 Å². The number of carboxylic acids is 1. The Labute approximate surface area is 156 Å². The van der Waals surface area contributed by atoms with Gasteiger partial charge in [-0.3, -0.25) is 10.2 Å². The smallest absolute Gasteiger partial charge is 0.475 e. The van der Waals surface area contributed by atoms with Crippen LogP contribution in [0.3, 0.4) is 0 Å². The van der Waals surface area contributed by atoms with Crippen LogP contribution in [0.4, 0.5) is 13.2 Å². The van der Waals surface area contributed by atoms with Gasteiger partial charge in [0.05, 0.1) is 31.8 Å². The van der Waals surface area contributed by atoms with Gasteiger partial charge >= 0.3 is 12.1 Å². The van der Waals surface area contributed by atoms with Crippen molar-refractivity contribution in [3.8, 4) is 0 Å². The first-order valence-electron chi connectivity index (χ1n) is 7.62. The second kappa shape index (κ2) is 10.4. The molecule has 28 heavy (non-hydrogen) atoms. The van der Waals surface area contributed by atoms with Gasteiger partial charge in [0.25, 0.3) is 0 Å². The van der Waals surface area contributed by atoms with Crippen LogP contribution in [0.5, 0.6) is 0 Å². The SMILES string of the molecule is CN(CC(=O)N1[C@H](CO)[C@H](O)[C@@H](O)[C@H](O)[C@H]1CO)C(=N)N.O=C(O)C(F)(F)F. The minimum Gasteiger partial charge on any atom is -0.475 e. The van der Waals surface area contributed by atoms with Crippen LogP contribution in [0.15, 0.2) is 0 Å². The van der Waals surface area contributed by atoms with E-state index < -0.39 is 61.7 Å². The molecular formula is C13H23F3N4O8. The molecule has 1 rings (SSSR count). The third-order valence-electron chi connectivity index (χ3n) is 3.89. The zero-order valence-corrected chi connectivity index (χ0v) is 14.6. The van der Waals surface area contributed by atoms with Crippen LogP contribution in [0.1, 0.15) is 0 Å². The van der Waals surface area contributed by atoms with Gasteiger partial charge in [-0.05, 0) is 0 Å². The standard InChI is InChI=1S/C11H22N4O6.C2HF3O2/c1-14(11(12)13)2-7(18)15-5(3-16)8(19)10(21)9(20)6(15)4-17;3-2(4,5)1(6)7/h5-6,8-10,16-17,19-21H,2-4H2,1H3,(H3,12,13);(H,6,7)/t5-,6-,8-,9+,10+;/m1./s1. The number of rotatable bonds is 4. The molecule has 0 radical (unpaired) electrons. The molecular weight excluding hydrogens is 397 g/mol. The summed E-state index contributed by atoms with van der Waals surface area (Å²) in [5.74, 6) is -3.77. The van der Waals surface area contributed by atoms with Crippen molar-refractivity contribution >= 4 is 17.8 Å². The Morgan fingerprint density at radius 2 is 1.43 bits per heavy atom. The molecule has 12 nitrogen and oxygen atoms in total. The molecule has 0 spiro atoms. The first kappa shape index (κ1) is 25.8. The molecule has 1 fully saturated rings. The van der Waals surface area contributed by atoms with Crippen LogP contribution in [-0.4, -0.2) is 122 Å². The van der Waals surface area contributed by atoms with Crippen molar-refractivity contribution in [2.75, 3.05) is 26.8 Å². The zero-order chi connectivity index (χ0) is 22.4. The molecule has 0 bridgehead atoms. The van der Waals surface area contributed by atoms with Crippen molar-refractivity contribution in [1.82, 2.24) is 9.80 Å². The zero-order valence-electron chi connectivity index (χ0n) is 14.6. The first-order chi connectivity index (χ1) is 12.7. The number of hydrogen-bond acceptors (Lipinski definition) is 8. The number of carbonyl (C=O) groups excluding carboxylic acids is 1. The summed E-state index contributed by atoms with van der Waals surface area (Å²) in [5, 5.41) is 62.4. The topological polar surface area (TPSA) is 212 Å². The van der Waals surface area contributed by atoms with E-state index in [4.69, 9.17) is 21.0 Å². The number of aliphatic hydroxyl groups excluding tert-OH is 5. The fraction of sp³-hybridized carbons (Fsp3) is 0.769. The number of carboxylic acid groups (broad SMARTS) is 1. The lowest BCUT2D eigenvalue weighted by molar-refractivity contribution is -0.192. The largest absolute Gasteiger partial charge is 0.490 e. The molecule has 0 aliphatic carbocycles. The van der Waals surface area contributed by atoms with Crippen molar-refractivity contribution in [3.63, 3.8) is 0 Å². The number of alkyl halides is 3. The molecule has 0 aromatic rings. The molecule has 15 heteroatoms. The molecule has 0 aromatic carbocycles. The predicted molar refractivity (Wildman–Crippen MR) is 84.8 cm³/mol. The average molecular weight is 420 g/mol. The molecule has 5 atom stereocenters. The van der Waals surface area contributed by atoms with Gasteiger partial charge in [0.15, 0.2) is 5.96 Å². The number of carbonyl (C=O) groups is 2.